The summed E-state index contributed by atoms with van der Waals surface area (Å²) in [5, 5.41) is 30.8. The number of rotatable bonds is 6. The molecule has 0 fully saturated rings. The maximum atomic E-state index is 11.3. The molecule has 0 spiro atoms. The van der Waals surface area contributed by atoms with E-state index in [2.05, 4.69) is 4.74 Å². The van der Waals surface area contributed by atoms with E-state index in [1.54, 1.807) is 13.8 Å². The quantitative estimate of drug-likeness (QED) is 0.306. The van der Waals surface area contributed by atoms with Crippen molar-refractivity contribution < 1.29 is 24.7 Å². The van der Waals surface area contributed by atoms with Gasteiger partial charge >= 0.3 is 5.97 Å². The highest BCUT2D eigenvalue weighted by Gasteiger charge is 2.27. The minimum atomic E-state index is -1.52. The summed E-state index contributed by atoms with van der Waals surface area (Å²) in [7, 11) is 0. The molecule has 21 heavy (non-hydrogen) atoms. The molecule has 8 nitrogen and oxygen atoms in total. The minimum absolute atomic E-state index is 0.0125. The number of nitrogens with zero attached hydrogens (tertiary/aromatic N) is 1. The summed E-state index contributed by atoms with van der Waals surface area (Å²) >= 11 is 0. The number of aliphatic hydroxyl groups is 2. The molecular formula is C13H18N2O6. The molecule has 116 valence electrons. The Morgan fingerprint density at radius 2 is 2.10 bits per heavy atom. The standard InChI is InChI=1S/C13H18N2O6/c1-3-21-11(17)6-10(16)13(18)8-4-7(2)5-9(12(8)14)15(19)20/h4-5,10,13,16,18H,3,6,14H2,1-2H3. The average molecular weight is 298 g/mol. The lowest BCUT2D eigenvalue weighted by molar-refractivity contribution is -0.384. The van der Waals surface area contributed by atoms with Crippen molar-refractivity contribution in [2.24, 2.45) is 0 Å². The van der Waals surface area contributed by atoms with Crippen LogP contribution in [0.5, 0.6) is 0 Å². The van der Waals surface area contributed by atoms with Crippen molar-refractivity contribution in [3.05, 3.63) is 33.4 Å². The number of hydrogen-bond acceptors (Lipinski definition) is 7. The Morgan fingerprint density at radius 1 is 1.48 bits per heavy atom. The summed E-state index contributed by atoms with van der Waals surface area (Å²) in [6, 6.07) is 2.70. The number of hydrogen-bond donors (Lipinski definition) is 3. The van der Waals surface area contributed by atoms with Crippen molar-refractivity contribution in [1.29, 1.82) is 0 Å². The van der Waals surface area contributed by atoms with Gasteiger partial charge in [0.1, 0.15) is 11.8 Å². The fourth-order valence-electron chi connectivity index (χ4n) is 1.91. The van der Waals surface area contributed by atoms with Crippen LogP contribution >= 0.6 is 0 Å². The van der Waals surface area contributed by atoms with E-state index >= 15 is 0 Å². The number of nitro benzene ring substituents is 1. The average Bonchev–Trinajstić information content (AvgIpc) is 2.40. The van der Waals surface area contributed by atoms with E-state index < -0.39 is 29.5 Å². The molecule has 0 aliphatic heterocycles. The Bertz CT molecular complexity index is 546. The Balaban J connectivity index is 3.04. The molecule has 0 saturated carbocycles. The third-order valence-electron chi connectivity index (χ3n) is 2.90. The first kappa shape index (κ1) is 16.9. The van der Waals surface area contributed by atoms with Gasteiger partial charge in [0, 0.05) is 11.6 Å². The van der Waals surface area contributed by atoms with Gasteiger partial charge in [-0.25, -0.2) is 0 Å². The van der Waals surface area contributed by atoms with E-state index in [1.165, 1.54) is 12.1 Å². The van der Waals surface area contributed by atoms with E-state index in [1.807, 2.05) is 0 Å². The van der Waals surface area contributed by atoms with E-state index in [0.29, 0.717) is 5.56 Å². The highest BCUT2D eigenvalue weighted by atomic mass is 16.6. The molecule has 0 bridgehead atoms. The number of esters is 1. The molecule has 1 aromatic rings. The summed E-state index contributed by atoms with van der Waals surface area (Å²) in [5.74, 6) is -0.676. The molecule has 0 heterocycles. The SMILES string of the molecule is CCOC(=O)CC(O)C(O)c1cc(C)cc([N+](=O)[O-])c1N. The van der Waals surface area contributed by atoms with Gasteiger partial charge in [-0.2, -0.15) is 0 Å². The monoisotopic (exact) mass is 298 g/mol. The lowest BCUT2D eigenvalue weighted by atomic mass is 9.97. The highest BCUT2D eigenvalue weighted by Crippen LogP contribution is 2.33. The summed E-state index contributed by atoms with van der Waals surface area (Å²) in [4.78, 5) is 21.5. The number of carbonyl (C=O) groups is 1. The minimum Gasteiger partial charge on any atom is -0.466 e. The summed E-state index contributed by atoms with van der Waals surface area (Å²) < 4.78 is 4.66. The molecule has 2 atom stereocenters. The number of nitrogen functional groups attached to an aromatic ring is 1. The van der Waals surface area contributed by atoms with Gasteiger partial charge in [0.05, 0.1) is 24.1 Å². The first-order valence-electron chi connectivity index (χ1n) is 6.34. The number of ether oxygens (including phenoxy) is 1. The van der Waals surface area contributed by atoms with Gasteiger partial charge in [-0.3, -0.25) is 14.9 Å². The van der Waals surface area contributed by atoms with Crippen molar-refractivity contribution in [2.45, 2.75) is 32.5 Å². The van der Waals surface area contributed by atoms with Crippen molar-refractivity contribution in [3.8, 4) is 0 Å². The molecule has 0 aliphatic carbocycles. The topological polar surface area (TPSA) is 136 Å². The van der Waals surface area contributed by atoms with Gasteiger partial charge in [-0.05, 0) is 19.4 Å². The molecule has 0 radical (unpaired) electrons. The second-order valence-corrected chi connectivity index (χ2v) is 4.57. The third kappa shape index (κ3) is 4.14. The molecule has 8 heteroatoms. The molecule has 0 amide bonds. The number of aryl methyl sites for hydroxylation is 1. The van der Waals surface area contributed by atoms with Crippen LogP contribution in [0.1, 0.15) is 30.6 Å². The Labute approximate surface area is 121 Å². The summed E-state index contributed by atoms with van der Waals surface area (Å²) in [5.41, 5.74) is 5.58. The molecule has 0 saturated heterocycles. The Kier molecular flexibility index (Phi) is 5.62. The second-order valence-electron chi connectivity index (χ2n) is 4.57. The Morgan fingerprint density at radius 3 is 2.62 bits per heavy atom. The van der Waals surface area contributed by atoms with Crippen LogP contribution in [0.4, 0.5) is 11.4 Å². The fourth-order valence-corrected chi connectivity index (χ4v) is 1.91. The molecule has 0 aliphatic rings. The summed E-state index contributed by atoms with van der Waals surface area (Å²) in [6.45, 7) is 3.36. The van der Waals surface area contributed by atoms with Crippen molar-refractivity contribution in [1.82, 2.24) is 0 Å². The first-order valence-corrected chi connectivity index (χ1v) is 6.34. The largest absolute Gasteiger partial charge is 0.466 e. The maximum Gasteiger partial charge on any atom is 0.308 e. The number of aliphatic hydroxyl groups excluding tert-OH is 2. The first-order chi connectivity index (χ1) is 9.77. The van der Waals surface area contributed by atoms with E-state index in [0.717, 1.165) is 0 Å². The van der Waals surface area contributed by atoms with Gasteiger partial charge in [-0.15, -0.1) is 0 Å². The molecule has 4 N–H and O–H groups in total. The Hall–Kier alpha value is -2.19. The number of anilines is 1. The third-order valence-corrected chi connectivity index (χ3v) is 2.90. The predicted octanol–water partition coefficient (Wildman–Crippen LogP) is 0.833. The molecule has 2 unspecified atom stereocenters. The zero-order valence-electron chi connectivity index (χ0n) is 11.8. The normalized spacial score (nSPS) is 13.5. The summed E-state index contributed by atoms with van der Waals surface area (Å²) in [6.07, 6.45) is -3.42. The van der Waals surface area contributed by atoms with Crippen LogP contribution in [-0.2, 0) is 9.53 Å². The second kappa shape index (κ2) is 7.00. The number of benzene rings is 1. The fraction of sp³-hybridized carbons (Fsp3) is 0.462. The van der Waals surface area contributed by atoms with Crippen LogP contribution in [0.15, 0.2) is 12.1 Å². The lowest BCUT2D eigenvalue weighted by Gasteiger charge is -2.19. The van der Waals surface area contributed by atoms with Crippen LogP contribution in [0.2, 0.25) is 0 Å². The van der Waals surface area contributed by atoms with Crippen LogP contribution in [0, 0.1) is 17.0 Å². The highest BCUT2D eigenvalue weighted by molar-refractivity contribution is 5.70. The van der Waals surface area contributed by atoms with Crippen molar-refractivity contribution in [3.63, 3.8) is 0 Å². The smallest absolute Gasteiger partial charge is 0.308 e. The van der Waals surface area contributed by atoms with E-state index in [-0.39, 0.29) is 23.5 Å². The number of nitrogens with two attached hydrogens (primary N) is 1. The molecular weight excluding hydrogens is 280 g/mol. The van der Waals surface area contributed by atoms with Gasteiger partial charge < -0.3 is 20.7 Å². The van der Waals surface area contributed by atoms with Crippen LogP contribution in [0.25, 0.3) is 0 Å². The maximum absolute atomic E-state index is 11.3. The number of carbonyl (C=O) groups excluding carboxylic acids is 1. The van der Waals surface area contributed by atoms with Crippen molar-refractivity contribution >= 4 is 17.3 Å². The van der Waals surface area contributed by atoms with Gasteiger partial charge in [0.15, 0.2) is 0 Å². The van der Waals surface area contributed by atoms with Crippen LogP contribution in [0.3, 0.4) is 0 Å². The molecule has 1 rings (SSSR count). The molecule has 1 aromatic carbocycles. The van der Waals surface area contributed by atoms with E-state index in [4.69, 9.17) is 5.73 Å². The molecule has 0 aromatic heterocycles. The van der Waals surface area contributed by atoms with Gasteiger partial charge in [-0.1, -0.05) is 6.07 Å². The zero-order valence-corrected chi connectivity index (χ0v) is 11.8. The van der Waals surface area contributed by atoms with Gasteiger partial charge in [0.25, 0.3) is 5.69 Å². The predicted molar refractivity (Wildman–Crippen MR) is 74.5 cm³/mol. The lowest BCUT2D eigenvalue weighted by Crippen LogP contribution is -2.24. The zero-order chi connectivity index (χ0) is 16.2. The van der Waals surface area contributed by atoms with Gasteiger partial charge in [0.2, 0.25) is 0 Å². The number of nitro groups is 1. The van der Waals surface area contributed by atoms with Crippen molar-refractivity contribution in [2.75, 3.05) is 12.3 Å². The van der Waals surface area contributed by atoms with Crippen LogP contribution < -0.4 is 5.73 Å². The van der Waals surface area contributed by atoms with Crippen LogP contribution in [-0.4, -0.2) is 33.8 Å². The van der Waals surface area contributed by atoms with E-state index in [9.17, 15) is 25.1 Å².